The van der Waals surface area contributed by atoms with Gasteiger partial charge in [0.1, 0.15) is 5.75 Å². The lowest BCUT2D eigenvalue weighted by atomic mass is 10.2. The number of ether oxygens (including phenoxy) is 1. The van der Waals surface area contributed by atoms with Gasteiger partial charge in [-0.3, -0.25) is 4.99 Å². The fraction of sp³-hybridized carbons (Fsp3) is 0.611. The van der Waals surface area contributed by atoms with Crippen LogP contribution >= 0.6 is 11.6 Å². The van der Waals surface area contributed by atoms with E-state index in [0.717, 1.165) is 37.5 Å². The van der Waals surface area contributed by atoms with Gasteiger partial charge in [0, 0.05) is 37.2 Å². The van der Waals surface area contributed by atoms with Gasteiger partial charge in [-0.2, -0.15) is 0 Å². The molecule has 1 aromatic rings. The molecule has 0 bridgehead atoms. The summed E-state index contributed by atoms with van der Waals surface area (Å²) in [6, 6.07) is 5.83. The highest BCUT2D eigenvalue weighted by Gasteiger charge is 2.25. The van der Waals surface area contributed by atoms with Crippen molar-refractivity contribution in [2.75, 3.05) is 50.5 Å². The number of methoxy groups -OCH3 is 1. The summed E-state index contributed by atoms with van der Waals surface area (Å²) in [5, 5.41) is 7.31. The lowest BCUT2D eigenvalue weighted by molar-refractivity contribution is 0.415. The van der Waals surface area contributed by atoms with E-state index in [1.54, 1.807) is 14.0 Å². The second-order valence-electron chi connectivity index (χ2n) is 6.45. The van der Waals surface area contributed by atoms with Crippen LogP contribution in [0.2, 0.25) is 5.02 Å². The Morgan fingerprint density at radius 3 is 2.86 bits per heavy atom. The Morgan fingerprint density at radius 1 is 1.39 bits per heavy atom. The molecule has 1 heterocycles. The van der Waals surface area contributed by atoms with E-state index in [2.05, 4.69) is 25.2 Å². The molecular weight excluding hydrogens is 402 g/mol. The molecule has 3 N–H and O–H groups in total. The summed E-state index contributed by atoms with van der Waals surface area (Å²) in [5.74, 6) is 1.55. The summed E-state index contributed by atoms with van der Waals surface area (Å²) >= 11 is 6.15. The first-order chi connectivity index (χ1) is 13.4. The van der Waals surface area contributed by atoms with Gasteiger partial charge in [-0.25, -0.2) is 13.1 Å². The summed E-state index contributed by atoms with van der Waals surface area (Å²) in [5.41, 5.74) is 0.982. The standard InChI is InChI=1S/C18H30ClN5O3S/c1-4-20-18(21-9-10-22-28(25,26)5-2)23-15-8-11-24(13-15)16-12-14(19)6-7-17(16)27-3/h6-7,12,15,22H,4-5,8-11,13H2,1-3H3,(H2,20,21,23). The second kappa shape index (κ2) is 10.7. The number of nitrogens with one attached hydrogen (secondary N) is 3. The SMILES string of the molecule is CCNC(=NCCNS(=O)(=O)CC)NC1CCN(c2cc(Cl)ccc2OC)C1. The van der Waals surface area contributed by atoms with Gasteiger partial charge in [-0.15, -0.1) is 0 Å². The van der Waals surface area contributed by atoms with Crippen molar-refractivity contribution < 1.29 is 13.2 Å². The van der Waals surface area contributed by atoms with Crippen LogP contribution in [0.25, 0.3) is 0 Å². The third-order valence-corrected chi connectivity index (χ3v) is 6.08. The Balaban J connectivity index is 1.94. The number of guanidine groups is 1. The quantitative estimate of drug-likeness (QED) is 0.311. The van der Waals surface area contributed by atoms with Crippen LogP contribution in [0.4, 0.5) is 5.69 Å². The van der Waals surface area contributed by atoms with Crippen molar-refractivity contribution >= 4 is 33.3 Å². The maximum absolute atomic E-state index is 11.5. The minimum Gasteiger partial charge on any atom is -0.495 e. The smallest absolute Gasteiger partial charge is 0.211 e. The highest BCUT2D eigenvalue weighted by atomic mass is 35.5. The maximum atomic E-state index is 11.5. The van der Waals surface area contributed by atoms with Crippen LogP contribution in [0.1, 0.15) is 20.3 Å². The molecule has 158 valence electrons. The molecule has 8 nitrogen and oxygen atoms in total. The van der Waals surface area contributed by atoms with Gasteiger partial charge in [0.2, 0.25) is 10.0 Å². The number of anilines is 1. The van der Waals surface area contributed by atoms with Crippen molar-refractivity contribution in [1.29, 1.82) is 0 Å². The van der Waals surface area contributed by atoms with Crippen LogP contribution in [-0.4, -0.2) is 66.0 Å². The fourth-order valence-electron chi connectivity index (χ4n) is 2.99. The third kappa shape index (κ3) is 6.72. The first-order valence-corrected chi connectivity index (χ1v) is 11.5. The van der Waals surface area contributed by atoms with Crippen molar-refractivity contribution in [3.63, 3.8) is 0 Å². The molecule has 2 rings (SSSR count). The van der Waals surface area contributed by atoms with Crippen LogP contribution in [-0.2, 0) is 10.0 Å². The molecule has 1 atom stereocenters. The van der Waals surface area contributed by atoms with E-state index < -0.39 is 10.0 Å². The molecule has 1 saturated heterocycles. The number of aliphatic imine (C=N–C) groups is 1. The van der Waals surface area contributed by atoms with Crippen molar-refractivity contribution in [2.24, 2.45) is 4.99 Å². The van der Waals surface area contributed by atoms with E-state index in [4.69, 9.17) is 16.3 Å². The van der Waals surface area contributed by atoms with Crippen LogP contribution in [0.15, 0.2) is 23.2 Å². The number of benzene rings is 1. The van der Waals surface area contributed by atoms with Gasteiger partial charge in [0.25, 0.3) is 0 Å². The molecule has 1 aromatic carbocycles. The Kier molecular flexibility index (Phi) is 8.65. The van der Waals surface area contributed by atoms with Gasteiger partial charge in [-0.05, 0) is 38.5 Å². The molecule has 1 aliphatic heterocycles. The Hall–Kier alpha value is -1.71. The Labute approximate surface area is 172 Å². The number of rotatable bonds is 9. The zero-order chi connectivity index (χ0) is 20.6. The molecule has 0 amide bonds. The van der Waals surface area contributed by atoms with E-state index in [1.165, 1.54) is 0 Å². The number of sulfonamides is 1. The molecule has 1 aliphatic rings. The molecule has 0 spiro atoms. The van der Waals surface area contributed by atoms with Crippen LogP contribution in [0.3, 0.4) is 0 Å². The van der Waals surface area contributed by atoms with E-state index in [0.29, 0.717) is 17.5 Å². The molecular formula is C18H30ClN5O3S. The topological polar surface area (TPSA) is 95.1 Å². The molecule has 0 aliphatic carbocycles. The molecule has 0 aromatic heterocycles. The predicted octanol–water partition coefficient (Wildman–Crippen LogP) is 1.42. The van der Waals surface area contributed by atoms with Gasteiger partial charge >= 0.3 is 0 Å². The van der Waals surface area contributed by atoms with Gasteiger partial charge in [0.15, 0.2) is 5.96 Å². The molecule has 0 saturated carbocycles. The van der Waals surface area contributed by atoms with E-state index in [-0.39, 0.29) is 18.3 Å². The van der Waals surface area contributed by atoms with Gasteiger partial charge in [0.05, 0.1) is 25.1 Å². The first kappa shape index (κ1) is 22.6. The van der Waals surface area contributed by atoms with E-state index in [9.17, 15) is 8.42 Å². The summed E-state index contributed by atoms with van der Waals surface area (Å²) in [6.07, 6.45) is 0.947. The van der Waals surface area contributed by atoms with Crippen molar-refractivity contribution in [3.05, 3.63) is 23.2 Å². The zero-order valence-electron chi connectivity index (χ0n) is 16.7. The third-order valence-electron chi connectivity index (χ3n) is 4.44. The van der Waals surface area contributed by atoms with Crippen LogP contribution < -0.4 is 25.0 Å². The average molecular weight is 432 g/mol. The second-order valence-corrected chi connectivity index (χ2v) is 8.98. The average Bonchev–Trinajstić information content (AvgIpc) is 3.13. The van der Waals surface area contributed by atoms with Crippen LogP contribution in [0, 0.1) is 0 Å². The first-order valence-electron chi connectivity index (χ1n) is 9.49. The summed E-state index contributed by atoms with van der Waals surface area (Å²) < 4.78 is 30.9. The molecule has 1 unspecified atom stereocenters. The van der Waals surface area contributed by atoms with E-state index in [1.807, 2.05) is 25.1 Å². The normalized spacial score (nSPS) is 17.6. The van der Waals surface area contributed by atoms with E-state index >= 15 is 0 Å². The summed E-state index contributed by atoms with van der Waals surface area (Å²) in [7, 11) is -1.54. The number of hydrogen-bond acceptors (Lipinski definition) is 5. The fourth-order valence-corrected chi connectivity index (χ4v) is 3.76. The van der Waals surface area contributed by atoms with Gasteiger partial charge < -0.3 is 20.3 Å². The number of nitrogens with zero attached hydrogens (tertiary/aromatic N) is 2. The van der Waals surface area contributed by atoms with Crippen LogP contribution in [0.5, 0.6) is 5.75 Å². The van der Waals surface area contributed by atoms with Crippen molar-refractivity contribution in [2.45, 2.75) is 26.3 Å². The number of hydrogen-bond donors (Lipinski definition) is 3. The zero-order valence-corrected chi connectivity index (χ0v) is 18.2. The summed E-state index contributed by atoms with van der Waals surface area (Å²) in [4.78, 5) is 6.70. The molecule has 28 heavy (non-hydrogen) atoms. The number of halogens is 1. The Morgan fingerprint density at radius 2 is 2.18 bits per heavy atom. The molecule has 1 fully saturated rings. The largest absolute Gasteiger partial charge is 0.495 e. The summed E-state index contributed by atoms with van der Waals surface area (Å²) in [6.45, 7) is 6.65. The molecule has 10 heteroatoms. The maximum Gasteiger partial charge on any atom is 0.211 e. The predicted molar refractivity (Wildman–Crippen MR) is 115 cm³/mol. The Bertz CT molecular complexity index is 772. The minimum atomic E-state index is -3.19. The minimum absolute atomic E-state index is 0.0694. The lowest BCUT2D eigenvalue weighted by Gasteiger charge is -2.22. The van der Waals surface area contributed by atoms with Crippen molar-refractivity contribution in [3.8, 4) is 5.75 Å². The lowest BCUT2D eigenvalue weighted by Crippen LogP contribution is -2.45. The molecule has 0 radical (unpaired) electrons. The van der Waals surface area contributed by atoms with Crippen molar-refractivity contribution in [1.82, 2.24) is 15.4 Å². The highest BCUT2D eigenvalue weighted by Crippen LogP contribution is 2.33. The van der Waals surface area contributed by atoms with Gasteiger partial charge in [-0.1, -0.05) is 11.6 Å². The highest BCUT2D eigenvalue weighted by molar-refractivity contribution is 7.89. The monoisotopic (exact) mass is 431 g/mol.